The highest BCUT2D eigenvalue weighted by Gasteiger charge is 2.48. The van der Waals surface area contributed by atoms with E-state index in [0.717, 1.165) is 11.3 Å². The van der Waals surface area contributed by atoms with Gasteiger partial charge in [0.2, 0.25) is 0 Å². The molecule has 1 saturated heterocycles. The summed E-state index contributed by atoms with van der Waals surface area (Å²) >= 11 is 6.06. The Kier molecular flexibility index (Phi) is 6.72. The summed E-state index contributed by atoms with van der Waals surface area (Å²) in [4.78, 5) is 14.6. The van der Waals surface area contributed by atoms with Gasteiger partial charge in [0.15, 0.2) is 0 Å². The number of hydrogen-bond donors (Lipinski definition) is 1. The third-order valence-corrected chi connectivity index (χ3v) is 7.00. The van der Waals surface area contributed by atoms with Crippen molar-refractivity contribution in [3.63, 3.8) is 0 Å². The van der Waals surface area contributed by atoms with Crippen LogP contribution in [-0.4, -0.2) is 40.1 Å². The van der Waals surface area contributed by atoms with Crippen LogP contribution in [0.25, 0.3) is 0 Å². The number of halogens is 1. The van der Waals surface area contributed by atoms with E-state index in [1.54, 1.807) is 60.5 Å². The van der Waals surface area contributed by atoms with Gasteiger partial charge >= 0.3 is 6.03 Å². The number of nitrogens with one attached hydrogen (secondary N) is 1. The second kappa shape index (κ2) is 9.56. The molecule has 1 N–H and O–H groups in total. The number of carbonyl (C=O) groups is 1. The maximum Gasteiger partial charge on any atom is 0.322 e. The maximum atomic E-state index is 13.0. The zero-order chi connectivity index (χ0) is 24.3. The van der Waals surface area contributed by atoms with Gasteiger partial charge in [0.1, 0.15) is 27.1 Å². The molecule has 1 unspecified atom stereocenters. The smallest absolute Gasteiger partial charge is 0.322 e. The Hall–Kier alpha value is -3.23. The van der Waals surface area contributed by atoms with E-state index < -0.39 is 15.4 Å². The fourth-order valence-electron chi connectivity index (χ4n) is 4.09. The van der Waals surface area contributed by atoms with Gasteiger partial charge in [-0.3, -0.25) is 4.90 Å². The van der Waals surface area contributed by atoms with Crippen LogP contribution in [0.5, 0.6) is 17.2 Å². The second-order valence-electron chi connectivity index (χ2n) is 8.19. The van der Waals surface area contributed by atoms with Crippen LogP contribution in [-0.2, 0) is 15.4 Å². The lowest BCUT2D eigenvalue weighted by atomic mass is 9.86. The van der Waals surface area contributed by atoms with E-state index >= 15 is 0 Å². The number of carbonyl (C=O) groups excluding carboxylic acids is 1. The van der Waals surface area contributed by atoms with Crippen LogP contribution in [0.3, 0.4) is 0 Å². The fraction of sp³-hybridized carbons (Fsp3) is 0.240. The van der Waals surface area contributed by atoms with Crippen molar-refractivity contribution >= 4 is 33.2 Å². The summed E-state index contributed by atoms with van der Waals surface area (Å²) in [7, 11) is -1.69. The molecule has 0 bridgehead atoms. The molecule has 1 fully saturated rings. The van der Waals surface area contributed by atoms with E-state index in [-0.39, 0.29) is 24.7 Å². The van der Waals surface area contributed by atoms with Crippen molar-refractivity contribution in [2.75, 3.05) is 30.6 Å². The van der Waals surface area contributed by atoms with Gasteiger partial charge < -0.3 is 14.8 Å². The number of benzene rings is 3. The van der Waals surface area contributed by atoms with Gasteiger partial charge in [-0.25, -0.2) is 13.2 Å². The first-order valence-corrected chi connectivity index (χ1v) is 13.1. The minimum absolute atomic E-state index is 0.0877. The molecule has 1 aliphatic heterocycles. The van der Waals surface area contributed by atoms with Crippen LogP contribution in [0.1, 0.15) is 12.0 Å². The molecule has 4 rings (SSSR count). The summed E-state index contributed by atoms with van der Waals surface area (Å²) in [6.07, 6.45) is 1.40. The monoisotopic (exact) mass is 500 g/mol. The highest BCUT2D eigenvalue weighted by molar-refractivity contribution is 7.90. The average molecular weight is 501 g/mol. The molecule has 1 heterocycles. The minimum Gasteiger partial charge on any atom is -0.497 e. The van der Waals surface area contributed by atoms with Gasteiger partial charge in [-0.1, -0.05) is 23.7 Å². The van der Waals surface area contributed by atoms with E-state index in [2.05, 4.69) is 5.32 Å². The Balaban J connectivity index is 1.75. The zero-order valence-electron chi connectivity index (χ0n) is 18.8. The molecule has 0 aromatic heterocycles. The zero-order valence-corrected chi connectivity index (χ0v) is 20.4. The molecule has 0 saturated carbocycles. The van der Waals surface area contributed by atoms with Gasteiger partial charge in [-0.05, 0) is 72.6 Å². The van der Waals surface area contributed by atoms with Crippen LogP contribution < -0.4 is 19.7 Å². The Labute approximate surface area is 204 Å². The van der Waals surface area contributed by atoms with Gasteiger partial charge in [0.05, 0.1) is 18.4 Å². The number of rotatable bonds is 8. The molecule has 0 spiro atoms. The largest absolute Gasteiger partial charge is 0.497 e. The van der Waals surface area contributed by atoms with Crippen LogP contribution in [0.4, 0.5) is 10.5 Å². The van der Waals surface area contributed by atoms with Crippen molar-refractivity contribution in [2.45, 2.75) is 12.0 Å². The van der Waals surface area contributed by atoms with Crippen molar-refractivity contribution in [2.24, 2.45) is 0 Å². The van der Waals surface area contributed by atoms with E-state index in [0.29, 0.717) is 22.2 Å². The van der Waals surface area contributed by atoms with Gasteiger partial charge in [-0.2, -0.15) is 0 Å². The molecule has 3 aromatic rings. The molecular formula is C25H25ClN2O5S. The first-order chi connectivity index (χ1) is 16.2. The predicted molar refractivity (Wildman–Crippen MR) is 133 cm³/mol. The molecule has 34 heavy (non-hydrogen) atoms. The molecule has 178 valence electrons. The number of hydrogen-bond acceptors (Lipinski definition) is 5. The number of methoxy groups -OCH3 is 1. The lowest BCUT2D eigenvalue weighted by molar-refractivity contribution is 0.250. The van der Waals surface area contributed by atoms with Crippen LogP contribution >= 0.6 is 11.6 Å². The predicted octanol–water partition coefficient (Wildman–Crippen LogP) is 5.00. The molecule has 1 atom stereocenters. The van der Waals surface area contributed by atoms with Crippen molar-refractivity contribution < 1.29 is 22.7 Å². The van der Waals surface area contributed by atoms with Crippen LogP contribution in [0.2, 0.25) is 5.02 Å². The molecular weight excluding hydrogens is 476 g/mol. The number of amides is 2. The summed E-state index contributed by atoms with van der Waals surface area (Å²) in [5, 5.41) is 3.44. The van der Waals surface area contributed by atoms with E-state index in [4.69, 9.17) is 21.1 Å². The molecule has 7 nitrogen and oxygen atoms in total. The Morgan fingerprint density at radius 3 is 2.32 bits per heavy atom. The minimum atomic E-state index is -3.28. The molecule has 3 aromatic carbocycles. The summed E-state index contributed by atoms with van der Waals surface area (Å²) in [6, 6.07) is 21.2. The molecule has 2 amide bonds. The molecule has 0 aliphatic carbocycles. The summed E-state index contributed by atoms with van der Waals surface area (Å²) < 4.78 is 35.5. The highest BCUT2D eigenvalue weighted by atomic mass is 35.5. The summed E-state index contributed by atoms with van der Waals surface area (Å²) in [6.45, 7) is 0.246. The molecule has 0 radical (unpaired) electrons. The standard InChI is InChI=1S/C25H25ClN2O5S/c1-32-21-10-12-22(13-11-21)33-23-5-3-4-18(16-23)25(14-15-34(2,30)31)17-27-24(29)28(25)20-8-6-19(26)7-9-20/h3-13,16H,14-15,17H2,1-2H3,(H,27,29). The lowest BCUT2D eigenvalue weighted by Crippen LogP contribution is -2.46. The third kappa shape index (κ3) is 5.13. The van der Waals surface area contributed by atoms with Gasteiger partial charge in [-0.15, -0.1) is 0 Å². The fourth-order valence-corrected chi connectivity index (χ4v) is 4.92. The van der Waals surface area contributed by atoms with Crippen molar-refractivity contribution in [3.8, 4) is 17.2 Å². The van der Waals surface area contributed by atoms with Crippen molar-refractivity contribution in [1.82, 2.24) is 5.32 Å². The first-order valence-electron chi connectivity index (χ1n) is 10.6. The number of urea groups is 1. The normalized spacial score (nSPS) is 18.0. The highest BCUT2D eigenvalue weighted by Crippen LogP contribution is 2.41. The average Bonchev–Trinajstić information content (AvgIpc) is 3.16. The Morgan fingerprint density at radius 1 is 1.00 bits per heavy atom. The van der Waals surface area contributed by atoms with E-state index in [9.17, 15) is 13.2 Å². The first kappa shape index (κ1) is 23.9. The van der Waals surface area contributed by atoms with Crippen LogP contribution in [0, 0.1) is 0 Å². The number of ether oxygens (including phenoxy) is 2. The summed E-state index contributed by atoms with van der Waals surface area (Å²) in [5.41, 5.74) is 0.442. The number of anilines is 1. The summed E-state index contributed by atoms with van der Waals surface area (Å²) in [5.74, 6) is 1.82. The number of nitrogens with zero attached hydrogens (tertiary/aromatic N) is 1. The van der Waals surface area contributed by atoms with E-state index in [1.807, 2.05) is 24.3 Å². The van der Waals surface area contributed by atoms with Crippen molar-refractivity contribution in [1.29, 1.82) is 0 Å². The molecule has 9 heteroatoms. The third-order valence-electron chi connectivity index (χ3n) is 5.80. The van der Waals surface area contributed by atoms with Gasteiger partial charge in [0.25, 0.3) is 0 Å². The molecule has 1 aliphatic rings. The van der Waals surface area contributed by atoms with E-state index in [1.165, 1.54) is 6.26 Å². The Morgan fingerprint density at radius 2 is 1.68 bits per heavy atom. The topological polar surface area (TPSA) is 84.9 Å². The van der Waals surface area contributed by atoms with Gasteiger partial charge in [0, 0.05) is 23.5 Å². The lowest BCUT2D eigenvalue weighted by Gasteiger charge is -2.38. The number of sulfone groups is 1. The Bertz CT molecular complexity index is 1280. The van der Waals surface area contributed by atoms with Crippen molar-refractivity contribution in [3.05, 3.63) is 83.4 Å². The maximum absolute atomic E-state index is 13.0. The quantitative estimate of drug-likeness (QED) is 0.470. The van der Waals surface area contributed by atoms with Crippen LogP contribution in [0.15, 0.2) is 72.8 Å². The second-order valence-corrected chi connectivity index (χ2v) is 10.9. The SMILES string of the molecule is COc1ccc(Oc2cccc(C3(CCS(C)(=O)=O)CNC(=O)N3c3ccc(Cl)cc3)c2)cc1.